The predicted molar refractivity (Wildman–Crippen MR) is 108 cm³/mol. The Hall–Kier alpha value is -0.570. The van der Waals surface area contributed by atoms with E-state index in [1.54, 1.807) is 19.0 Å². The monoisotopic (exact) mass is 439 g/mol. The maximum atomic E-state index is 11.7. The van der Waals surface area contributed by atoms with E-state index in [1.165, 1.54) is 0 Å². The van der Waals surface area contributed by atoms with Crippen LogP contribution in [0.25, 0.3) is 0 Å². The minimum Gasteiger partial charge on any atom is -0.354 e. The molecule has 0 bridgehead atoms. The molecule has 0 aromatic rings. The molecule has 1 rings (SSSR count). The van der Waals surface area contributed by atoms with Gasteiger partial charge in [0.2, 0.25) is 5.91 Å². The molecule has 1 fully saturated rings. The van der Waals surface area contributed by atoms with Gasteiger partial charge < -0.3 is 20.4 Å². The average molecular weight is 439 g/mol. The largest absolute Gasteiger partial charge is 0.354 e. The molecule has 0 atom stereocenters. The smallest absolute Gasteiger partial charge is 0.243 e. The van der Waals surface area contributed by atoms with E-state index in [2.05, 4.69) is 48.2 Å². The third-order valence-corrected chi connectivity index (χ3v) is 3.90. The Morgan fingerprint density at radius 1 is 1.22 bits per heavy atom. The quantitative estimate of drug-likeness (QED) is 0.388. The molecule has 1 amide bonds. The molecule has 7 heteroatoms. The number of guanidine groups is 1. The second kappa shape index (κ2) is 11.1. The number of amides is 1. The SMILES string of the molecule is CC(C)NC(=NCC(=O)N(C)C)NC1CCN(C(C)C)CC1.I. The Bertz CT molecular complexity index is 377. The Kier molecular flexibility index (Phi) is 10.8. The van der Waals surface area contributed by atoms with Crippen LogP contribution < -0.4 is 10.6 Å². The van der Waals surface area contributed by atoms with Crippen LogP contribution in [-0.4, -0.2) is 73.5 Å². The fourth-order valence-electron chi connectivity index (χ4n) is 2.45. The number of likely N-dealkylation sites (tertiary alicyclic amines) is 1. The molecule has 1 aliphatic rings. The summed E-state index contributed by atoms with van der Waals surface area (Å²) in [5.74, 6) is 0.757. The number of likely N-dealkylation sites (N-methyl/N-ethyl adjacent to an activating group) is 1. The predicted octanol–water partition coefficient (Wildman–Crippen LogP) is 1.51. The molecule has 1 heterocycles. The first-order valence-corrected chi connectivity index (χ1v) is 8.31. The molecule has 0 aromatic carbocycles. The molecule has 2 N–H and O–H groups in total. The van der Waals surface area contributed by atoms with Crippen molar-refractivity contribution in [3.05, 3.63) is 0 Å². The summed E-state index contributed by atoms with van der Waals surface area (Å²) in [6.45, 7) is 11.0. The van der Waals surface area contributed by atoms with Gasteiger partial charge in [-0.25, -0.2) is 4.99 Å². The summed E-state index contributed by atoms with van der Waals surface area (Å²) in [6.07, 6.45) is 2.22. The first kappa shape index (κ1) is 22.4. The van der Waals surface area contributed by atoms with Gasteiger partial charge in [-0.05, 0) is 40.5 Å². The fraction of sp³-hybridized carbons (Fsp3) is 0.875. The lowest BCUT2D eigenvalue weighted by atomic mass is 10.0. The molecule has 0 radical (unpaired) electrons. The zero-order valence-corrected chi connectivity index (χ0v) is 17.8. The van der Waals surface area contributed by atoms with Gasteiger partial charge in [-0.1, -0.05) is 0 Å². The molecule has 0 unspecified atom stereocenters. The van der Waals surface area contributed by atoms with Crippen molar-refractivity contribution in [1.29, 1.82) is 0 Å². The Morgan fingerprint density at radius 2 is 1.78 bits per heavy atom. The number of hydrogen-bond donors (Lipinski definition) is 2. The highest BCUT2D eigenvalue weighted by Gasteiger charge is 2.21. The number of rotatable bonds is 5. The number of nitrogens with one attached hydrogen (secondary N) is 2. The summed E-state index contributed by atoms with van der Waals surface area (Å²) in [5, 5.41) is 6.79. The number of hydrogen-bond acceptors (Lipinski definition) is 3. The van der Waals surface area contributed by atoms with E-state index in [9.17, 15) is 4.79 Å². The Labute approximate surface area is 158 Å². The van der Waals surface area contributed by atoms with E-state index in [1.807, 2.05) is 0 Å². The molecular weight excluding hydrogens is 405 g/mol. The van der Waals surface area contributed by atoms with Crippen molar-refractivity contribution in [2.24, 2.45) is 4.99 Å². The molecule has 136 valence electrons. The standard InChI is InChI=1S/C16H33N5O.HI/c1-12(2)18-16(17-11-15(22)20(5)6)19-14-7-9-21(10-8-14)13(3)4;/h12-14H,7-11H2,1-6H3,(H2,17,18,19);1H. The van der Waals surface area contributed by atoms with E-state index in [4.69, 9.17) is 0 Å². The molecule has 0 aromatic heterocycles. The zero-order valence-electron chi connectivity index (χ0n) is 15.4. The zero-order chi connectivity index (χ0) is 16.7. The molecule has 0 saturated carbocycles. The van der Waals surface area contributed by atoms with Crippen molar-refractivity contribution in [3.63, 3.8) is 0 Å². The minimum atomic E-state index is 0. The van der Waals surface area contributed by atoms with Crippen molar-refractivity contribution in [2.45, 2.75) is 58.7 Å². The van der Waals surface area contributed by atoms with Crippen LogP contribution >= 0.6 is 24.0 Å². The lowest BCUT2D eigenvalue weighted by molar-refractivity contribution is -0.127. The first-order valence-electron chi connectivity index (χ1n) is 8.31. The highest BCUT2D eigenvalue weighted by Crippen LogP contribution is 2.12. The van der Waals surface area contributed by atoms with Gasteiger partial charge in [0.1, 0.15) is 6.54 Å². The van der Waals surface area contributed by atoms with Crippen LogP contribution in [0.1, 0.15) is 40.5 Å². The van der Waals surface area contributed by atoms with Gasteiger partial charge in [-0.3, -0.25) is 4.79 Å². The molecule has 0 aliphatic carbocycles. The highest BCUT2D eigenvalue weighted by molar-refractivity contribution is 14.0. The fourth-order valence-corrected chi connectivity index (χ4v) is 2.45. The summed E-state index contributed by atoms with van der Waals surface area (Å²) in [6, 6.07) is 1.33. The minimum absolute atomic E-state index is 0. The maximum Gasteiger partial charge on any atom is 0.243 e. The molecular formula is C16H34IN5O. The van der Waals surface area contributed by atoms with E-state index in [0.29, 0.717) is 12.1 Å². The molecule has 23 heavy (non-hydrogen) atoms. The number of aliphatic imine (C=N–C) groups is 1. The third kappa shape index (κ3) is 8.74. The van der Waals surface area contributed by atoms with Gasteiger partial charge in [0, 0.05) is 45.3 Å². The Balaban J connectivity index is 0.00000484. The normalized spacial score (nSPS) is 17.1. The van der Waals surface area contributed by atoms with Crippen molar-refractivity contribution in [2.75, 3.05) is 33.7 Å². The summed E-state index contributed by atoms with van der Waals surface area (Å²) < 4.78 is 0. The van der Waals surface area contributed by atoms with Gasteiger partial charge in [-0.2, -0.15) is 0 Å². The molecule has 1 aliphatic heterocycles. The molecule has 1 saturated heterocycles. The van der Waals surface area contributed by atoms with Crippen LogP contribution in [0.15, 0.2) is 4.99 Å². The van der Waals surface area contributed by atoms with Gasteiger partial charge in [0.25, 0.3) is 0 Å². The van der Waals surface area contributed by atoms with E-state index in [0.717, 1.165) is 31.9 Å². The van der Waals surface area contributed by atoms with E-state index >= 15 is 0 Å². The highest BCUT2D eigenvalue weighted by atomic mass is 127. The van der Waals surface area contributed by atoms with Crippen molar-refractivity contribution in [1.82, 2.24) is 20.4 Å². The topological polar surface area (TPSA) is 60.0 Å². The number of halogens is 1. The first-order chi connectivity index (χ1) is 10.3. The van der Waals surface area contributed by atoms with Crippen molar-refractivity contribution >= 4 is 35.8 Å². The summed E-state index contributed by atoms with van der Waals surface area (Å²) >= 11 is 0. The summed E-state index contributed by atoms with van der Waals surface area (Å²) in [7, 11) is 3.50. The van der Waals surface area contributed by atoms with Crippen LogP contribution in [0.5, 0.6) is 0 Å². The van der Waals surface area contributed by atoms with Gasteiger partial charge >= 0.3 is 0 Å². The van der Waals surface area contributed by atoms with Gasteiger partial charge in [0.05, 0.1) is 0 Å². The third-order valence-electron chi connectivity index (χ3n) is 3.90. The van der Waals surface area contributed by atoms with Gasteiger partial charge in [-0.15, -0.1) is 24.0 Å². The summed E-state index contributed by atoms with van der Waals surface area (Å²) in [4.78, 5) is 20.2. The Morgan fingerprint density at radius 3 is 2.22 bits per heavy atom. The molecule has 0 spiro atoms. The second-order valence-corrected chi connectivity index (χ2v) is 6.80. The van der Waals surface area contributed by atoms with Crippen LogP contribution in [0.2, 0.25) is 0 Å². The van der Waals surface area contributed by atoms with Crippen LogP contribution in [0.4, 0.5) is 0 Å². The van der Waals surface area contributed by atoms with E-state index < -0.39 is 0 Å². The molecule has 6 nitrogen and oxygen atoms in total. The van der Waals surface area contributed by atoms with Crippen LogP contribution in [-0.2, 0) is 4.79 Å². The van der Waals surface area contributed by atoms with Crippen molar-refractivity contribution < 1.29 is 4.79 Å². The van der Waals surface area contributed by atoms with E-state index in [-0.39, 0.29) is 42.5 Å². The number of carbonyl (C=O) groups is 1. The second-order valence-electron chi connectivity index (χ2n) is 6.80. The lowest BCUT2D eigenvalue weighted by Gasteiger charge is -2.35. The van der Waals surface area contributed by atoms with Crippen LogP contribution in [0, 0.1) is 0 Å². The summed E-state index contributed by atoms with van der Waals surface area (Å²) in [5.41, 5.74) is 0. The number of piperidine rings is 1. The maximum absolute atomic E-state index is 11.7. The van der Waals surface area contributed by atoms with Crippen LogP contribution in [0.3, 0.4) is 0 Å². The number of carbonyl (C=O) groups excluding carboxylic acids is 1. The average Bonchev–Trinajstić information content (AvgIpc) is 2.44. The lowest BCUT2D eigenvalue weighted by Crippen LogP contribution is -2.51. The van der Waals surface area contributed by atoms with Crippen molar-refractivity contribution in [3.8, 4) is 0 Å². The van der Waals surface area contributed by atoms with Gasteiger partial charge in [0.15, 0.2) is 5.96 Å². The number of nitrogens with zero attached hydrogens (tertiary/aromatic N) is 3.